The van der Waals surface area contributed by atoms with E-state index in [-0.39, 0.29) is 11.7 Å². The number of hydrogen-bond donors (Lipinski definition) is 2. The number of nitrogens with one attached hydrogen (secondary N) is 2. The van der Waals surface area contributed by atoms with Crippen LogP contribution in [0.15, 0.2) is 42.5 Å². The largest absolute Gasteiger partial charge is 0.348 e. The summed E-state index contributed by atoms with van der Waals surface area (Å²) in [6, 6.07) is 12.3. The van der Waals surface area contributed by atoms with Crippen LogP contribution in [-0.2, 0) is 0 Å². The highest BCUT2D eigenvalue weighted by atomic mass is 16.2. The molecule has 0 spiro atoms. The number of anilines is 1. The van der Waals surface area contributed by atoms with E-state index in [2.05, 4.69) is 10.3 Å². The number of carbonyl (C=O) groups excluding carboxylic acids is 2. The highest BCUT2D eigenvalue weighted by molar-refractivity contribution is 6.04. The lowest BCUT2D eigenvalue weighted by Crippen LogP contribution is -2.12. The standard InChI is InChI=1S/C13H12N2O2/c1-9(16)11-7-8-12(15-11)13(17)14-10-5-3-2-4-6-10/h2-8,15H,1H3,(H,14,17). The van der Waals surface area contributed by atoms with E-state index < -0.39 is 0 Å². The molecule has 1 amide bonds. The molecule has 4 nitrogen and oxygen atoms in total. The van der Waals surface area contributed by atoms with E-state index in [1.54, 1.807) is 24.3 Å². The van der Waals surface area contributed by atoms with Crippen molar-refractivity contribution in [2.45, 2.75) is 6.92 Å². The minimum absolute atomic E-state index is 0.0937. The fraction of sp³-hybridized carbons (Fsp3) is 0.0769. The maximum atomic E-state index is 11.8. The Kier molecular flexibility index (Phi) is 3.05. The van der Waals surface area contributed by atoms with Crippen molar-refractivity contribution in [3.8, 4) is 0 Å². The zero-order valence-corrected chi connectivity index (χ0v) is 9.36. The summed E-state index contributed by atoms with van der Waals surface area (Å²) in [6.45, 7) is 1.45. The van der Waals surface area contributed by atoms with Crippen molar-refractivity contribution in [1.82, 2.24) is 4.98 Å². The Labute approximate surface area is 98.7 Å². The van der Waals surface area contributed by atoms with Gasteiger partial charge in [-0.2, -0.15) is 0 Å². The van der Waals surface area contributed by atoms with Crippen LogP contribution in [0, 0.1) is 0 Å². The number of rotatable bonds is 3. The first-order valence-corrected chi connectivity index (χ1v) is 5.23. The third-order valence-corrected chi connectivity index (χ3v) is 2.34. The van der Waals surface area contributed by atoms with Gasteiger partial charge in [-0.15, -0.1) is 0 Å². The molecular weight excluding hydrogens is 216 g/mol. The summed E-state index contributed by atoms with van der Waals surface area (Å²) in [6.07, 6.45) is 0. The summed E-state index contributed by atoms with van der Waals surface area (Å²) in [5.41, 5.74) is 1.53. The number of ketones is 1. The van der Waals surface area contributed by atoms with Crippen LogP contribution in [0.4, 0.5) is 5.69 Å². The lowest BCUT2D eigenvalue weighted by Gasteiger charge is -2.02. The molecule has 2 aromatic rings. The molecule has 0 saturated carbocycles. The van der Waals surface area contributed by atoms with E-state index >= 15 is 0 Å². The van der Waals surface area contributed by atoms with Gasteiger partial charge in [0.1, 0.15) is 5.69 Å². The van der Waals surface area contributed by atoms with Crippen LogP contribution < -0.4 is 5.32 Å². The van der Waals surface area contributed by atoms with Gasteiger partial charge in [-0.25, -0.2) is 0 Å². The van der Waals surface area contributed by atoms with Crippen LogP contribution in [0.1, 0.15) is 27.9 Å². The number of benzene rings is 1. The van der Waals surface area contributed by atoms with E-state index in [9.17, 15) is 9.59 Å². The molecule has 0 saturated heterocycles. The number of para-hydroxylation sites is 1. The molecule has 0 aliphatic carbocycles. The second kappa shape index (κ2) is 4.65. The summed E-state index contributed by atoms with van der Waals surface area (Å²) in [5.74, 6) is -0.354. The monoisotopic (exact) mass is 228 g/mol. The quantitative estimate of drug-likeness (QED) is 0.793. The number of carbonyl (C=O) groups is 2. The zero-order valence-electron chi connectivity index (χ0n) is 9.36. The molecule has 1 heterocycles. The number of Topliss-reactive ketones (excluding diaryl/α,β-unsaturated/α-hetero) is 1. The Morgan fingerprint density at radius 3 is 2.24 bits per heavy atom. The van der Waals surface area contributed by atoms with Crippen LogP contribution in [-0.4, -0.2) is 16.7 Å². The highest BCUT2D eigenvalue weighted by Crippen LogP contribution is 2.09. The van der Waals surface area contributed by atoms with Gasteiger partial charge in [-0.3, -0.25) is 9.59 Å². The van der Waals surface area contributed by atoms with Crippen LogP contribution in [0.3, 0.4) is 0 Å². The number of hydrogen-bond acceptors (Lipinski definition) is 2. The molecule has 0 aliphatic heterocycles. The third kappa shape index (κ3) is 2.60. The van der Waals surface area contributed by atoms with Crippen LogP contribution in [0.2, 0.25) is 0 Å². The van der Waals surface area contributed by atoms with Crippen molar-refractivity contribution in [1.29, 1.82) is 0 Å². The molecule has 2 rings (SSSR count). The van der Waals surface area contributed by atoms with E-state index in [0.29, 0.717) is 11.4 Å². The Bertz CT molecular complexity index is 544. The van der Waals surface area contributed by atoms with Gasteiger partial charge in [-0.05, 0) is 24.3 Å². The average molecular weight is 228 g/mol. The molecule has 2 N–H and O–H groups in total. The molecule has 0 atom stereocenters. The number of amides is 1. The normalized spacial score (nSPS) is 9.94. The van der Waals surface area contributed by atoms with Gasteiger partial charge in [0.05, 0.1) is 5.69 Å². The molecule has 4 heteroatoms. The minimum atomic E-state index is -0.260. The molecule has 1 aromatic heterocycles. The predicted octanol–water partition coefficient (Wildman–Crippen LogP) is 2.47. The van der Waals surface area contributed by atoms with Crippen molar-refractivity contribution >= 4 is 17.4 Å². The van der Waals surface area contributed by atoms with Crippen molar-refractivity contribution in [3.05, 3.63) is 53.9 Å². The molecule has 0 fully saturated rings. The van der Waals surface area contributed by atoms with Gasteiger partial charge in [0.25, 0.3) is 5.91 Å². The van der Waals surface area contributed by atoms with Crippen LogP contribution in [0.5, 0.6) is 0 Å². The maximum Gasteiger partial charge on any atom is 0.272 e. The summed E-state index contributed by atoms with van der Waals surface area (Å²) in [7, 11) is 0. The van der Waals surface area contributed by atoms with Gasteiger partial charge in [0, 0.05) is 12.6 Å². The first kappa shape index (κ1) is 11.1. The van der Waals surface area contributed by atoms with Crippen molar-refractivity contribution < 1.29 is 9.59 Å². The van der Waals surface area contributed by atoms with Crippen molar-refractivity contribution in [2.24, 2.45) is 0 Å². The molecule has 86 valence electrons. The van der Waals surface area contributed by atoms with Gasteiger partial charge in [-0.1, -0.05) is 18.2 Å². The Morgan fingerprint density at radius 1 is 1.00 bits per heavy atom. The average Bonchev–Trinajstić information content (AvgIpc) is 2.79. The first-order chi connectivity index (χ1) is 8.16. The predicted molar refractivity (Wildman–Crippen MR) is 65.2 cm³/mol. The molecule has 0 aliphatic rings. The van der Waals surface area contributed by atoms with E-state index in [1.807, 2.05) is 18.2 Å². The Hall–Kier alpha value is -2.36. The fourth-order valence-electron chi connectivity index (χ4n) is 1.45. The van der Waals surface area contributed by atoms with Gasteiger partial charge < -0.3 is 10.3 Å². The van der Waals surface area contributed by atoms with E-state index in [4.69, 9.17) is 0 Å². The Balaban J connectivity index is 2.12. The zero-order chi connectivity index (χ0) is 12.3. The highest BCUT2D eigenvalue weighted by Gasteiger charge is 2.10. The van der Waals surface area contributed by atoms with E-state index in [1.165, 1.54) is 6.92 Å². The van der Waals surface area contributed by atoms with Gasteiger partial charge in [0.15, 0.2) is 5.78 Å². The topological polar surface area (TPSA) is 62.0 Å². The molecule has 17 heavy (non-hydrogen) atoms. The summed E-state index contributed by atoms with van der Waals surface area (Å²) in [4.78, 5) is 25.6. The van der Waals surface area contributed by atoms with E-state index in [0.717, 1.165) is 5.69 Å². The van der Waals surface area contributed by atoms with Gasteiger partial charge >= 0.3 is 0 Å². The minimum Gasteiger partial charge on any atom is -0.348 e. The van der Waals surface area contributed by atoms with Crippen molar-refractivity contribution in [3.63, 3.8) is 0 Å². The second-order valence-corrected chi connectivity index (χ2v) is 3.66. The lowest BCUT2D eigenvalue weighted by atomic mass is 10.3. The maximum absolute atomic E-state index is 11.8. The molecular formula is C13H12N2O2. The summed E-state index contributed by atoms with van der Waals surface area (Å²) in [5, 5.41) is 2.73. The molecule has 1 aromatic carbocycles. The molecule has 0 unspecified atom stereocenters. The lowest BCUT2D eigenvalue weighted by molar-refractivity contribution is 0.101. The number of aromatic nitrogens is 1. The summed E-state index contributed by atoms with van der Waals surface area (Å²) < 4.78 is 0. The second-order valence-electron chi connectivity index (χ2n) is 3.66. The fourth-order valence-corrected chi connectivity index (χ4v) is 1.45. The van der Waals surface area contributed by atoms with Gasteiger partial charge in [0.2, 0.25) is 0 Å². The smallest absolute Gasteiger partial charge is 0.272 e. The van der Waals surface area contributed by atoms with Crippen LogP contribution in [0.25, 0.3) is 0 Å². The number of aromatic amines is 1. The van der Waals surface area contributed by atoms with Crippen molar-refractivity contribution in [2.75, 3.05) is 5.32 Å². The number of H-pyrrole nitrogens is 1. The first-order valence-electron chi connectivity index (χ1n) is 5.23. The Morgan fingerprint density at radius 2 is 1.65 bits per heavy atom. The molecule has 0 radical (unpaired) electrons. The molecule has 0 bridgehead atoms. The van der Waals surface area contributed by atoms with Crippen LogP contribution >= 0.6 is 0 Å². The summed E-state index contributed by atoms with van der Waals surface area (Å²) >= 11 is 0. The third-order valence-electron chi connectivity index (χ3n) is 2.34. The SMILES string of the molecule is CC(=O)c1ccc(C(=O)Nc2ccccc2)[nH]1.